The highest BCUT2D eigenvalue weighted by Gasteiger charge is 2.37. The highest BCUT2D eigenvalue weighted by Crippen LogP contribution is 2.24. The van der Waals surface area contributed by atoms with Gasteiger partial charge in [-0.2, -0.15) is 0 Å². The van der Waals surface area contributed by atoms with Crippen LogP contribution in [0.2, 0.25) is 0 Å². The van der Waals surface area contributed by atoms with Gasteiger partial charge in [-0.3, -0.25) is 9.59 Å². The Morgan fingerprint density at radius 1 is 1.23 bits per heavy atom. The molecule has 0 radical (unpaired) electrons. The minimum Gasteiger partial charge on any atom is -0.346 e. The van der Waals surface area contributed by atoms with Gasteiger partial charge in [-0.05, 0) is 18.4 Å². The van der Waals surface area contributed by atoms with Gasteiger partial charge in [0.2, 0.25) is 0 Å². The predicted molar refractivity (Wildman–Crippen MR) is 104 cm³/mol. The van der Waals surface area contributed by atoms with Crippen LogP contribution in [-0.2, 0) is 19.4 Å². The van der Waals surface area contributed by atoms with Gasteiger partial charge in [0, 0.05) is 4.90 Å². The lowest BCUT2D eigenvalue weighted by atomic mass is 10.2. The molecule has 0 aromatic heterocycles. The summed E-state index contributed by atoms with van der Waals surface area (Å²) in [4.78, 5) is 25.9. The Labute approximate surface area is 162 Å². The standard InChI is InChI=1S/C16H22ClN3O4S2/c1-20(7-15(21)18-12-5-3-4-6-14(12)25-2)8-16(22)19-13-10-26(23,24)9-11(13)17/h3-6,11,13H,7-10H2,1-2H3,(H,18,21)(H,19,22)/p+1/t11-,13-/m0/s1. The molecule has 0 spiro atoms. The number of amides is 2. The van der Waals surface area contributed by atoms with Crippen molar-refractivity contribution in [1.82, 2.24) is 5.32 Å². The molecule has 1 heterocycles. The maximum Gasteiger partial charge on any atom is 0.279 e. The van der Waals surface area contributed by atoms with E-state index in [1.807, 2.05) is 30.5 Å². The van der Waals surface area contributed by atoms with Crippen LogP contribution >= 0.6 is 23.4 Å². The molecule has 26 heavy (non-hydrogen) atoms. The number of carbonyl (C=O) groups excluding carboxylic acids is 2. The number of thioether (sulfide) groups is 1. The third-order valence-electron chi connectivity index (χ3n) is 3.94. The van der Waals surface area contributed by atoms with Crippen molar-refractivity contribution < 1.29 is 22.9 Å². The van der Waals surface area contributed by atoms with Crippen LogP contribution in [0, 0.1) is 0 Å². The number of hydrogen-bond donors (Lipinski definition) is 3. The Kier molecular flexibility index (Phi) is 7.33. The summed E-state index contributed by atoms with van der Waals surface area (Å²) in [6.45, 7) is 0.168. The van der Waals surface area contributed by atoms with Gasteiger partial charge in [0.25, 0.3) is 11.8 Å². The van der Waals surface area contributed by atoms with E-state index < -0.39 is 21.3 Å². The first-order chi connectivity index (χ1) is 12.2. The maximum absolute atomic E-state index is 12.2. The first kappa shape index (κ1) is 21.0. The Balaban J connectivity index is 1.81. The molecule has 144 valence electrons. The second-order valence-electron chi connectivity index (χ2n) is 6.33. The second kappa shape index (κ2) is 9.07. The number of sulfone groups is 1. The molecule has 1 aliphatic heterocycles. The zero-order valence-electron chi connectivity index (χ0n) is 14.6. The van der Waals surface area contributed by atoms with E-state index in [2.05, 4.69) is 10.6 Å². The Bertz CT molecular complexity index is 773. The highest BCUT2D eigenvalue weighted by molar-refractivity contribution is 7.98. The topological polar surface area (TPSA) is 96.8 Å². The summed E-state index contributed by atoms with van der Waals surface area (Å²) in [7, 11) is -1.47. The minimum atomic E-state index is -3.20. The first-order valence-electron chi connectivity index (χ1n) is 8.08. The monoisotopic (exact) mass is 420 g/mol. The van der Waals surface area contributed by atoms with E-state index in [-0.39, 0.29) is 36.4 Å². The molecule has 3 N–H and O–H groups in total. The fourth-order valence-corrected chi connectivity index (χ4v) is 5.85. The van der Waals surface area contributed by atoms with Crippen LogP contribution in [0.15, 0.2) is 29.2 Å². The van der Waals surface area contributed by atoms with Gasteiger partial charge in [-0.1, -0.05) is 12.1 Å². The molecular weight excluding hydrogens is 398 g/mol. The van der Waals surface area contributed by atoms with Crippen LogP contribution < -0.4 is 15.5 Å². The van der Waals surface area contributed by atoms with E-state index in [1.165, 1.54) is 11.8 Å². The third-order valence-corrected chi connectivity index (χ3v) is 7.11. The van der Waals surface area contributed by atoms with Crippen LogP contribution in [0.1, 0.15) is 0 Å². The van der Waals surface area contributed by atoms with E-state index in [9.17, 15) is 18.0 Å². The summed E-state index contributed by atoms with van der Waals surface area (Å²) in [6, 6.07) is 6.91. The highest BCUT2D eigenvalue weighted by atomic mass is 35.5. The number of alkyl halides is 1. The van der Waals surface area contributed by atoms with Gasteiger partial charge in [-0.25, -0.2) is 8.42 Å². The average Bonchev–Trinajstić information content (AvgIpc) is 2.79. The third kappa shape index (κ3) is 6.15. The quantitative estimate of drug-likeness (QED) is 0.403. The van der Waals surface area contributed by atoms with E-state index in [1.54, 1.807) is 7.05 Å². The van der Waals surface area contributed by atoms with Gasteiger partial charge < -0.3 is 15.5 Å². The average molecular weight is 421 g/mol. The van der Waals surface area contributed by atoms with Crippen molar-refractivity contribution in [2.24, 2.45) is 0 Å². The second-order valence-corrected chi connectivity index (χ2v) is 9.89. The fraction of sp³-hybridized carbons (Fsp3) is 0.500. The lowest BCUT2D eigenvalue weighted by Crippen LogP contribution is -3.11. The predicted octanol–water partition coefficient (Wildman–Crippen LogP) is -0.618. The number of anilines is 1. The van der Waals surface area contributed by atoms with E-state index >= 15 is 0 Å². The molecule has 0 saturated carbocycles. The van der Waals surface area contributed by atoms with Crippen molar-refractivity contribution in [3.05, 3.63) is 24.3 Å². The van der Waals surface area contributed by atoms with Crippen molar-refractivity contribution in [3.63, 3.8) is 0 Å². The molecule has 7 nitrogen and oxygen atoms in total. The number of para-hydroxylation sites is 1. The van der Waals surface area contributed by atoms with Crippen molar-refractivity contribution in [3.8, 4) is 0 Å². The largest absolute Gasteiger partial charge is 0.346 e. The molecule has 1 fully saturated rings. The molecule has 0 bridgehead atoms. The van der Waals surface area contributed by atoms with Gasteiger partial charge >= 0.3 is 0 Å². The SMILES string of the molecule is CSc1ccccc1NC(=O)C[NH+](C)CC(=O)N[C@H]1CS(=O)(=O)C[C@@H]1Cl. The molecule has 3 atom stereocenters. The maximum atomic E-state index is 12.2. The summed E-state index contributed by atoms with van der Waals surface area (Å²) in [5.74, 6) is -0.791. The molecule has 0 aliphatic carbocycles. The van der Waals surface area contributed by atoms with Crippen molar-refractivity contribution in [2.75, 3.05) is 43.2 Å². The van der Waals surface area contributed by atoms with Gasteiger partial charge in [0.05, 0.1) is 35.7 Å². The Morgan fingerprint density at radius 3 is 2.50 bits per heavy atom. The normalized spacial score (nSPS) is 22.6. The van der Waals surface area contributed by atoms with Gasteiger partial charge in [0.1, 0.15) is 0 Å². The number of likely N-dealkylation sites (N-methyl/N-ethyl adjacent to an activating group) is 1. The number of quaternary nitrogens is 1. The van der Waals surface area contributed by atoms with E-state index in [0.29, 0.717) is 4.90 Å². The number of nitrogens with one attached hydrogen (secondary N) is 3. The van der Waals surface area contributed by atoms with E-state index in [4.69, 9.17) is 11.6 Å². The van der Waals surface area contributed by atoms with Crippen molar-refractivity contribution in [2.45, 2.75) is 16.3 Å². The van der Waals surface area contributed by atoms with E-state index in [0.717, 1.165) is 10.6 Å². The van der Waals surface area contributed by atoms with Crippen LogP contribution in [-0.4, -0.2) is 69.5 Å². The zero-order chi connectivity index (χ0) is 19.3. The van der Waals surface area contributed by atoms with Gasteiger partial charge in [0.15, 0.2) is 22.9 Å². The number of halogens is 1. The molecule has 2 amide bonds. The number of hydrogen-bond acceptors (Lipinski definition) is 5. The number of carbonyl (C=O) groups is 2. The summed E-state index contributed by atoms with van der Waals surface area (Å²) >= 11 is 7.52. The molecule has 1 aliphatic rings. The summed E-state index contributed by atoms with van der Waals surface area (Å²) < 4.78 is 23.1. The number of benzene rings is 1. The molecule has 2 rings (SSSR count). The van der Waals surface area contributed by atoms with Crippen LogP contribution in [0.5, 0.6) is 0 Å². The van der Waals surface area contributed by atoms with Crippen molar-refractivity contribution >= 4 is 50.7 Å². The summed E-state index contributed by atoms with van der Waals surface area (Å²) in [6.07, 6.45) is 1.93. The van der Waals surface area contributed by atoms with Crippen LogP contribution in [0.4, 0.5) is 5.69 Å². The smallest absolute Gasteiger partial charge is 0.279 e. The lowest BCUT2D eigenvalue weighted by Gasteiger charge is -2.17. The van der Waals surface area contributed by atoms with Gasteiger partial charge in [-0.15, -0.1) is 23.4 Å². The fourth-order valence-electron chi connectivity index (χ4n) is 2.75. The summed E-state index contributed by atoms with van der Waals surface area (Å²) in [5.41, 5.74) is 0.739. The molecule has 1 aromatic carbocycles. The lowest BCUT2D eigenvalue weighted by molar-refractivity contribution is -0.862. The van der Waals surface area contributed by atoms with Crippen LogP contribution in [0.3, 0.4) is 0 Å². The first-order valence-corrected chi connectivity index (χ1v) is 11.6. The number of rotatable bonds is 7. The molecule has 1 unspecified atom stereocenters. The zero-order valence-corrected chi connectivity index (χ0v) is 17.0. The molecular formula is C16H23ClN3O4S2+. The minimum absolute atomic E-state index is 0.0533. The molecule has 1 saturated heterocycles. The Morgan fingerprint density at radius 2 is 1.88 bits per heavy atom. The van der Waals surface area contributed by atoms with Crippen LogP contribution in [0.25, 0.3) is 0 Å². The molecule has 10 heteroatoms. The summed E-state index contributed by atoms with van der Waals surface area (Å²) in [5, 5.41) is 4.88. The Hall–Kier alpha value is -1.29. The molecule has 1 aromatic rings. The van der Waals surface area contributed by atoms with Crippen molar-refractivity contribution in [1.29, 1.82) is 0 Å².